The lowest BCUT2D eigenvalue weighted by atomic mass is 10.1. The molecule has 0 saturated carbocycles. The molecule has 0 spiro atoms. The molecule has 0 bridgehead atoms. The summed E-state index contributed by atoms with van der Waals surface area (Å²) in [6.45, 7) is 3.24. The van der Waals surface area contributed by atoms with E-state index in [4.69, 9.17) is 0 Å². The molecule has 1 unspecified atom stereocenters. The average molecular weight is 579 g/mol. The third kappa shape index (κ3) is 8.94. The van der Waals surface area contributed by atoms with Crippen LogP contribution in [0, 0.1) is 0 Å². The van der Waals surface area contributed by atoms with Crippen LogP contribution in [0.25, 0.3) is 6.08 Å². The molecule has 4 amide bonds. The van der Waals surface area contributed by atoms with Gasteiger partial charge in [-0.05, 0) is 79.2 Å². The van der Waals surface area contributed by atoms with Gasteiger partial charge in [0, 0.05) is 34.4 Å². The molecule has 0 aliphatic carbocycles. The Morgan fingerprint density at radius 1 is 0.667 bits per heavy atom. The summed E-state index contributed by atoms with van der Waals surface area (Å²) in [5.41, 5.74) is 3.11. The highest BCUT2D eigenvalue weighted by Crippen LogP contribution is 2.26. The van der Waals surface area contributed by atoms with Crippen LogP contribution in [0.5, 0.6) is 0 Å². The van der Waals surface area contributed by atoms with Crippen LogP contribution in [-0.2, 0) is 14.4 Å². The van der Waals surface area contributed by atoms with Crippen molar-refractivity contribution in [3.63, 3.8) is 0 Å². The first-order valence-corrected chi connectivity index (χ1v) is 14.0. The Morgan fingerprint density at radius 3 is 1.79 bits per heavy atom. The number of amides is 4. The van der Waals surface area contributed by atoms with Crippen LogP contribution in [-0.4, -0.2) is 28.9 Å². The minimum absolute atomic E-state index is 0.101. The van der Waals surface area contributed by atoms with E-state index in [0.717, 1.165) is 10.5 Å². The molecule has 0 heterocycles. The minimum Gasteiger partial charge on any atom is -0.326 e. The van der Waals surface area contributed by atoms with Gasteiger partial charge in [-0.1, -0.05) is 48.5 Å². The Morgan fingerprint density at radius 2 is 1.19 bits per heavy atom. The monoisotopic (exact) mass is 578 g/mol. The lowest BCUT2D eigenvalue weighted by Crippen LogP contribution is -2.30. The number of thioether (sulfide) groups is 1. The first kappa shape index (κ1) is 29.8. The Hall–Kier alpha value is -5.15. The molecule has 0 saturated heterocycles. The first-order chi connectivity index (χ1) is 20.3. The molecule has 0 aliphatic rings. The lowest BCUT2D eigenvalue weighted by Gasteiger charge is -2.14. The summed E-state index contributed by atoms with van der Waals surface area (Å²) in [5.74, 6) is -1.20. The number of carbonyl (C=O) groups excluding carboxylic acids is 4. The van der Waals surface area contributed by atoms with Gasteiger partial charge in [-0.2, -0.15) is 0 Å². The molecule has 212 valence electrons. The van der Waals surface area contributed by atoms with Crippen LogP contribution in [0.2, 0.25) is 0 Å². The molecular formula is C33H30N4O4S. The highest BCUT2D eigenvalue weighted by Gasteiger charge is 2.17. The van der Waals surface area contributed by atoms with Crippen molar-refractivity contribution in [2.24, 2.45) is 0 Å². The zero-order valence-electron chi connectivity index (χ0n) is 23.1. The van der Waals surface area contributed by atoms with E-state index in [1.807, 2.05) is 48.5 Å². The van der Waals surface area contributed by atoms with Gasteiger partial charge in [-0.25, -0.2) is 0 Å². The number of hydrogen-bond acceptors (Lipinski definition) is 5. The molecule has 0 fully saturated rings. The Kier molecular flexibility index (Phi) is 10.3. The van der Waals surface area contributed by atoms with E-state index in [2.05, 4.69) is 21.3 Å². The number of hydrogen-bond donors (Lipinski definition) is 4. The molecular weight excluding hydrogens is 548 g/mol. The van der Waals surface area contributed by atoms with Crippen molar-refractivity contribution >= 4 is 58.5 Å². The van der Waals surface area contributed by atoms with Crippen LogP contribution in [0.3, 0.4) is 0 Å². The molecule has 0 aromatic heterocycles. The standard InChI is InChI=1S/C33H30N4O4S/c1-22(31(39)35-27-15-13-26(14-16-27)34-23(2)38)42-29-19-17-28(18-20-29)36-33(41)30(21-24-9-5-3-6-10-24)37-32(40)25-11-7-4-8-12-25/h3-22H,1-2H3,(H,34,38)(H,35,39)(H,36,41)(H,37,40)/b30-21-. The van der Waals surface area contributed by atoms with E-state index in [9.17, 15) is 19.2 Å². The van der Waals surface area contributed by atoms with Crippen molar-refractivity contribution in [1.29, 1.82) is 0 Å². The number of carbonyl (C=O) groups is 4. The molecule has 0 aliphatic heterocycles. The third-order valence-corrected chi connectivity index (χ3v) is 7.02. The van der Waals surface area contributed by atoms with Gasteiger partial charge in [-0.3, -0.25) is 19.2 Å². The van der Waals surface area contributed by atoms with Crippen molar-refractivity contribution in [3.05, 3.63) is 126 Å². The number of benzene rings is 4. The molecule has 0 radical (unpaired) electrons. The number of anilines is 3. The van der Waals surface area contributed by atoms with Gasteiger partial charge in [0.1, 0.15) is 5.70 Å². The summed E-state index contributed by atoms with van der Waals surface area (Å²) in [7, 11) is 0. The third-order valence-electron chi connectivity index (χ3n) is 5.91. The predicted molar refractivity (Wildman–Crippen MR) is 168 cm³/mol. The summed E-state index contributed by atoms with van der Waals surface area (Å²) >= 11 is 1.37. The summed E-state index contributed by atoms with van der Waals surface area (Å²) in [6.07, 6.45) is 1.62. The van der Waals surface area contributed by atoms with E-state index in [1.165, 1.54) is 18.7 Å². The molecule has 1 atom stereocenters. The fraction of sp³-hybridized carbons (Fsp3) is 0.0909. The van der Waals surface area contributed by atoms with Gasteiger partial charge >= 0.3 is 0 Å². The Bertz CT molecular complexity index is 1570. The minimum atomic E-state index is -0.471. The largest absolute Gasteiger partial charge is 0.326 e. The van der Waals surface area contributed by atoms with Crippen LogP contribution in [0.4, 0.5) is 17.1 Å². The first-order valence-electron chi connectivity index (χ1n) is 13.2. The maximum atomic E-state index is 13.2. The second kappa shape index (κ2) is 14.5. The van der Waals surface area contributed by atoms with Crippen LogP contribution in [0.1, 0.15) is 29.8 Å². The molecule has 8 nitrogen and oxygen atoms in total. The fourth-order valence-electron chi connectivity index (χ4n) is 3.82. The van der Waals surface area contributed by atoms with Crippen LogP contribution in [0.15, 0.2) is 120 Å². The van der Waals surface area contributed by atoms with Crippen LogP contribution >= 0.6 is 11.8 Å². The second-order valence-electron chi connectivity index (χ2n) is 9.28. The Balaban J connectivity index is 1.37. The zero-order valence-corrected chi connectivity index (χ0v) is 23.9. The van der Waals surface area contributed by atoms with Crippen molar-refractivity contribution in [2.75, 3.05) is 16.0 Å². The number of nitrogens with one attached hydrogen (secondary N) is 4. The van der Waals surface area contributed by atoms with E-state index >= 15 is 0 Å². The summed E-state index contributed by atoms with van der Waals surface area (Å²) in [4.78, 5) is 50.7. The van der Waals surface area contributed by atoms with Gasteiger partial charge in [0.05, 0.1) is 5.25 Å². The summed E-state index contributed by atoms with van der Waals surface area (Å²) in [5, 5.41) is 10.7. The smallest absolute Gasteiger partial charge is 0.272 e. The quantitative estimate of drug-likeness (QED) is 0.133. The normalized spacial score (nSPS) is 11.6. The van der Waals surface area contributed by atoms with Gasteiger partial charge in [-0.15, -0.1) is 11.8 Å². The lowest BCUT2D eigenvalue weighted by molar-refractivity contribution is -0.115. The van der Waals surface area contributed by atoms with Gasteiger partial charge in [0.15, 0.2) is 0 Å². The van der Waals surface area contributed by atoms with Gasteiger partial charge < -0.3 is 21.3 Å². The number of rotatable bonds is 10. The van der Waals surface area contributed by atoms with Crippen molar-refractivity contribution < 1.29 is 19.2 Å². The summed E-state index contributed by atoms with van der Waals surface area (Å²) < 4.78 is 0. The molecule has 4 aromatic rings. The van der Waals surface area contributed by atoms with Crippen LogP contribution < -0.4 is 21.3 Å². The van der Waals surface area contributed by atoms with Gasteiger partial charge in [0.25, 0.3) is 11.8 Å². The maximum Gasteiger partial charge on any atom is 0.272 e. The van der Waals surface area contributed by atoms with E-state index < -0.39 is 17.1 Å². The topological polar surface area (TPSA) is 116 Å². The van der Waals surface area contributed by atoms with Crippen molar-refractivity contribution in [1.82, 2.24) is 5.32 Å². The molecule has 4 rings (SSSR count). The maximum absolute atomic E-state index is 13.2. The zero-order chi connectivity index (χ0) is 29.9. The average Bonchev–Trinajstić information content (AvgIpc) is 2.99. The van der Waals surface area contributed by atoms with Crippen molar-refractivity contribution in [2.45, 2.75) is 24.0 Å². The van der Waals surface area contributed by atoms with Crippen molar-refractivity contribution in [3.8, 4) is 0 Å². The van der Waals surface area contributed by atoms with E-state index in [0.29, 0.717) is 22.6 Å². The highest BCUT2D eigenvalue weighted by molar-refractivity contribution is 8.00. The Labute approximate surface area is 248 Å². The fourth-order valence-corrected chi connectivity index (χ4v) is 4.68. The SMILES string of the molecule is CC(=O)Nc1ccc(NC(=O)C(C)Sc2ccc(NC(=O)/C(=C/c3ccccc3)NC(=O)c3ccccc3)cc2)cc1. The second-order valence-corrected chi connectivity index (χ2v) is 10.7. The molecule has 4 N–H and O–H groups in total. The molecule has 42 heavy (non-hydrogen) atoms. The summed E-state index contributed by atoms with van der Waals surface area (Å²) in [6, 6.07) is 31.9. The van der Waals surface area contributed by atoms with E-state index in [1.54, 1.807) is 73.7 Å². The van der Waals surface area contributed by atoms with E-state index in [-0.39, 0.29) is 17.5 Å². The predicted octanol–water partition coefficient (Wildman–Crippen LogP) is 6.17. The molecule has 9 heteroatoms. The molecule has 4 aromatic carbocycles. The highest BCUT2D eigenvalue weighted by atomic mass is 32.2. The van der Waals surface area contributed by atoms with Gasteiger partial charge in [0.2, 0.25) is 11.8 Å².